The van der Waals surface area contributed by atoms with Gasteiger partial charge in [0.25, 0.3) is 0 Å². The molecule has 0 saturated carbocycles. The van der Waals surface area contributed by atoms with Crippen LogP contribution < -0.4 is 5.73 Å². The van der Waals surface area contributed by atoms with Crippen molar-refractivity contribution < 1.29 is 0 Å². The van der Waals surface area contributed by atoms with Crippen LogP contribution in [-0.2, 0) is 0 Å². The molecule has 188 valence electrons. The number of aliphatic imine (C=N–C) groups is 1. The molecular formula is C32H50N2. The van der Waals surface area contributed by atoms with Crippen molar-refractivity contribution in [3.8, 4) is 0 Å². The highest BCUT2D eigenvalue weighted by atomic mass is 14.7. The van der Waals surface area contributed by atoms with E-state index in [2.05, 4.69) is 83.5 Å². The van der Waals surface area contributed by atoms with E-state index in [0.717, 1.165) is 23.4 Å². The summed E-state index contributed by atoms with van der Waals surface area (Å²) in [5.74, 6) is 0. The van der Waals surface area contributed by atoms with Crippen molar-refractivity contribution in [3.05, 3.63) is 95.7 Å². The first kappa shape index (κ1) is 33.3. The number of nitrogen functional groups attached to an aromatic ring is 1. The number of nitrogens with two attached hydrogens (primary N) is 1. The predicted molar refractivity (Wildman–Crippen MR) is 159 cm³/mol. The molecule has 34 heavy (non-hydrogen) atoms. The fourth-order valence-corrected chi connectivity index (χ4v) is 2.52. The Hall–Kier alpha value is -2.87. The molecule has 0 aliphatic rings. The second kappa shape index (κ2) is 21.9. The molecule has 2 nitrogen and oxygen atoms in total. The number of aryl methyl sites for hydroxylation is 2. The zero-order valence-corrected chi connectivity index (χ0v) is 23.4. The Bertz CT molecular complexity index is 866. The quantitative estimate of drug-likeness (QED) is 0.336. The normalized spacial score (nSPS) is 10.9. The number of anilines is 1. The first-order valence-corrected chi connectivity index (χ1v) is 12.6. The third kappa shape index (κ3) is 17.7. The van der Waals surface area contributed by atoms with Gasteiger partial charge in [0.2, 0.25) is 0 Å². The second-order valence-corrected chi connectivity index (χ2v) is 8.28. The van der Waals surface area contributed by atoms with Gasteiger partial charge in [0, 0.05) is 17.6 Å². The van der Waals surface area contributed by atoms with Crippen molar-refractivity contribution in [2.75, 3.05) is 5.73 Å². The van der Waals surface area contributed by atoms with Crippen LogP contribution in [0.4, 0.5) is 5.69 Å². The van der Waals surface area contributed by atoms with Crippen molar-refractivity contribution in [2.24, 2.45) is 4.99 Å². The molecule has 2 aromatic carbocycles. The fraction of sp³-hybridized carbons (Fsp3) is 0.406. The van der Waals surface area contributed by atoms with E-state index in [1.807, 2.05) is 57.3 Å². The second-order valence-electron chi connectivity index (χ2n) is 8.28. The minimum atomic E-state index is 0.838. The fourth-order valence-electron chi connectivity index (χ4n) is 2.52. The van der Waals surface area contributed by atoms with Gasteiger partial charge >= 0.3 is 0 Å². The molecule has 0 aliphatic heterocycles. The minimum Gasteiger partial charge on any atom is -0.399 e. The molecule has 0 aromatic heterocycles. The van der Waals surface area contributed by atoms with Gasteiger partial charge in [0.15, 0.2) is 0 Å². The minimum absolute atomic E-state index is 0.838. The maximum absolute atomic E-state index is 5.46. The van der Waals surface area contributed by atoms with Crippen LogP contribution in [0.3, 0.4) is 0 Å². The molecule has 0 amide bonds. The first-order valence-electron chi connectivity index (χ1n) is 12.6. The lowest BCUT2D eigenvalue weighted by Gasteiger charge is -2.10. The van der Waals surface area contributed by atoms with Crippen LogP contribution >= 0.6 is 0 Å². The Morgan fingerprint density at radius 2 is 1.44 bits per heavy atom. The summed E-state index contributed by atoms with van der Waals surface area (Å²) in [5, 5.41) is 0. The smallest absolute Gasteiger partial charge is 0.0401 e. The van der Waals surface area contributed by atoms with Crippen LogP contribution in [0.5, 0.6) is 0 Å². The van der Waals surface area contributed by atoms with Gasteiger partial charge in [-0.25, -0.2) is 0 Å². The van der Waals surface area contributed by atoms with Gasteiger partial charge in [0.1, 0.15) is 0 Å². The monoisotopic (exact) mass is 462 g/mol. The van der Waals surface area contributed by atoms with Gasteiger partial charge in [-0.05, 0) is 75.4 Å². The van der Waals surface area contributed by atoms with E-state index in [1.54, 1.807) is 0 Å². The summed E-state index contributed by atoms with van der Waals surface area (Å²) in [5.41, 5.74) is 13.4. The predicted octanol–water partition coefficient (Wildman–Crippen LogP) is 10.1. The molecule has 0 saturated heterocycles. The molecule has 0 heterocycles. The van der Waals surface area contributed by atoms with Gasteiger partial charge in [-0.3, -0.25) is 4.99 Å². The summed E-state index contributed by atoms with van der Waals surface area (Å²) >= 11 is 0. The summed E-state index contributed by atoms with van der Waals surface area (Å²) in [6.07, 6.45) is 10.6. The van der Waals surface area contributed by atoms with Gasteiger partial charge in [-0.2, -0.15) is 0 Å². The molecule has 0 atom stereocenters. The number of unbranched alkanes of at least 4 members (excludes halogenated alkanes) is 1. The third-order valence-corrected chi connectivity index (χ3v) is 4.61. The zero-order valence-electron chi connectivity index (χ0n) is 23.4. The zero-order chi connectivity index (χ0) is 26.4. The Morgan fingerprint density at radius 3 is 1.82 bits per heavy atom. The SMILES string of the molecule is C=C(C/C(=C\C)c1cccc(C)c1)C(C)=N/C=C\C.CCC.CCCC.Cc1cccc(N)c1. The molecule has 0 aliphatic carbocycles. The largest absolute Gasteiger partial charge is 0.399 e. The van der Waals surface area contributed by atoms with Crippen LogP contribution in [-0.4, -0.2) is 5.71 Å². The number of rotatable bonds is 6. The molecule has 2 N–H and O–H groups in total. The van der Waals surface area contributed by atoms with E-state index < -0.39 is 0 Å². The lowest BCUT2D eigenvalue weighted by atomic mass is 9.96. The average Bonchev–Trinajstić information content (AvgIpc) is 2.81. The van der Waals surface area contributed by atoms with Crippen LogP contribution in [0.2, 0.25) is 0 Å². The third-order valence-electron chi connectivity index (χ3n) is 4.61. The van der Waals surface area contributed by atoms with E-state index in [9.17, 15) is 0 Å². The van der Waals surface area contributed by atoms with E-state index >= 15 is 0 Å². The van der Waals surface area contributed by atoms with E-state index in [-0.39, 0.29) is 0 Å². The number of nitrogens with zero attached hydrogens (tertiary/aromatic N) is 1. The van der Waals surface area contributed by atoms with Gasteiger partial charge in [0.05, 0.1) is 0 Å². The van der Waals surface area contributed by atoms with E-state index in [0.29, 0.717) is 0 Å². The standard InChI is InChI=1S/C18H23N.C7H9N.C4H10.C3H8/c1-6-11-19-16(5)15(4)13-17(7-2)18-10-8-9-14(3)12-18;1-6-3-2-4-7(8)5-6;1-3-4-2;1-3-2/h6-12H,4,13H2,1-3,5H3;2-5H,8H2,1H3;3-4H2,1-2H3;3H2,1-2H3/b11-6-,17-7+,19-16?;;;. The number of hydrogen-bond donors (Lipinski definition) is 1. The Labute approximate surface area is 211 Å². The molecule has 0 bridgehead atoms. The first-order chi connectivity index (χ1) is 16.2. The molecule has 0 fully saturated rings. The van der Waals surface area contributed by atoms with E-state index in [4.69, 9.17) is 5.73 Å². The Balaban J connectivity index is 0. The highest BCUT2D eigenvalue weighted by Gasteiger charge is 2.05. The summed E-state index contributed by atoms with van der Waals surface area (Å²) in [6.45, 7) is 22.9. The highest BCUT2D eigenvalue weighted by molar-refractivity contribution is 5.99. The molecule has 2 rings (SSSR count). The van der Waals surface area contributed by atoms with Crippen molar-refractivity contribution >= 4 is 17.0 Å². The van der Waals surface area contributed by atoms with Gasteiger partial charge in [-0.15, -0.1) is 0 Å². The summed E-state index contributed by atoms with van der Waals surface area (Å²) < 4.78 is 0. The molecule has 0 spiro atoms. The number of allylic oxidation sites excluding steroid dienone is 4. The summed E-state index contributed by atoms with van der Waals surface area (Å²) in [4.78, 5) is 4.35. The molecule has 0 radical (unpaired) electrons. The lowest BCUT2D eigenvalue weighted by Crippen LogP contribution is -1.97. The number of benzene rings is 2. The van der Waals surface area contributed by atoms with Crippen molar-refractivity contribution in [1.29, 1.82) is 0 Å². The van der Waals surface area contributed by atoms with Gasteiger partial charge < -0.3 is 5.73 Å². The van der Waals surface area contributed by atoms with Crippen LogP contribution in [0.1, 0.15) is 90.8 Å². The van der Waals surface area contributed by atoms with Crippen molar-refractivity contribution in [3.63, 3.8) is 0 Å². The van der Waals surface area contributed by atoms with Crippen LogP contribution in [0.15, 0.2) is 84.0 Å². The van der Waals surface area contributed by atoms with Crippen LogP contribution in [0, 0.1) is 13.8 Å². The maximum Gasteiger partial charge on any atom is 0.0401 e. The number of hydrogen-bond acceptors (Lipinski definition) is 2. The van der Waals surface area contributed by atoms with Crippen molar-refractivity contribution in [2.45, 2.75) is 88.0 Å². The topological polar surface area (TPSA) is 38.4 Å². The molecule has 0 unspecified atom stereocenters. The highest BCUT2D eigenvalue weighted by Crippen LogP contribution is 2.23. The molecule has 2 heteroatoms. The lowest BCUT2D eigenvalue weighted by molar-refractivity contribution is 0.886. The maximum atomic E-state index is 5.46. The summed E-state index contributed by atoms with van der Waals surface area (Å²) in [7, 11) is 0. The Kier molecular flexibility index (Phi) is 21.5. The van der Waals surface area contributed by atoms with Crippen molar-refractivity contribution in [1.82, 2.24) is 0 Å². The molecular weight excluding hydrogens is 412 g/mol. The summed E-state index contributed by atoms with van der Waals surface area (Å²) in [6, 6.07) is 16.4. The molecule has 2 aromatic rings. The van der Waals surface area contributed by atoms with Crippen LogP contribution in [0.25, 0.3) is 5.57 Å². The van der Waals surface area contributed by atoms with Gasteiger partial charge in [-0.1, -0.05) is 108 Å². The van der Waals surface area contributed by atoms with E-state index in [1.165, 1.54) is 41.5 Å². The average molecular weight is 463 g/mol. The Morgan fingerprint density at radius 1 is 0.912 bits per heavy atom.